The number of halogens is 1. The molecule has 1 atom stereocenters. The molecule has 0 aliphatic carbocycles. The first-order valence-electron chi connectivity index (χ1n) is 3.27. The lowest BCUT2D eigenvalue weighted by Crippen LogP contribution is -2.51. The van der Waals surface area contributed by atoms with Crippen molar-refractivity contribution in [2.24, 2.45) is 5.73 Å². The maximum atomic E-state index is 10.4. The van der Waals surface area contributed by atoms with Crippen molar-refractivity contribution in [3.8, 4) is 0 Å². The maximum Gasteiger partial charge on any atom is 0.326 e. The molecule has 0 saturated carbocycles. The van der Waals surface area contributed by atoms with E-state index in [0.717, 1.165) is 0 Å². The lowest BCUT2D eigenvalue weighted by molar-refractivity contribution is -0.146. The Bertz CT molecular complexity index is 197. The van der Waals surface area contributed by atoms with Gasteiger partial charge in [0.25, 0.3) is 0 Å². The van der Waals surface area contributed by atoms with E-state index >= 15 is 0 Å². The number of aliphatic carboxylic acids is 2. The zero-order valence-corrected chi connectivity index (χ0v) is 7.58. The number of carboxylic acid groups (broad SMARTS) is 2. The van der Waals surface area contributed by atoms with Gasteiger partial charge in [0.2, 0.25) is 0 Å². The Kier molecular flexibility index (Phi) is 6.47. The Morgan fingerprint density at radius 2 is 1.77 bits per heavy atom. The highest BCUT2D eigenvalue weighted by Gasteiger charge is 2.33. The lowest BCUT2D eigenvalue weighted by atomic mass is 9.96. The minimum absolute atomic E-state index is 0. The predicted octanol–water partition coefficient (Wildman–Crippen LogP) is -0.953. The van der Waals surface area contributed by atoms with Crippen molar-refractivity contribution < 1.29 is 24.9 Å². The standard InChI is InChI=1S/C6H11NO5.ClH/c7-6(3-8,5(11)12)2-1-4(9)10;/h8H,1-3,7H2,(H,9,10)(H,11,12);1H/t6-;/m0./s1. The van der Waals surface area contributed by atoms with E-state index < -0.39 is 24.1 Å². The van der Waals surface area contributed by atoms with Crippen LogP contribution < -0.4 is 5.73 Å². The molecule has 0 bridgehead atoms. The molecule has 0 rings (SSSR count). The minimum atomic E-state index is -1.83. The normalized spacial score (nSPS) is 14.0. The molecule has 5 N–H and O–H groups in total. The molecule has 0 radical (unpaired) electrons. The third kappa shape index (κ3) is 4.66. The van der Waals surface area contributed by atoms with Gasteiger partial charge in [-0.05, 0) is 6.42 Å². The number of aliphatic hydroxyl groups excluding tert-OH is 1. The molecule has 6 nitrogen and oxygen atoms in total. The molecule has 0 heterocycles. The SMILES string of the molecule is Cl.N[C@](CO)(CCC(=O)O)C(=O)O. The number of carboxylic acids is 2. The van der Waals surface area contributed by atoms with Gasteiger partial charge in [-0.15, -0.1) is 12.4 Å². The number of hydrogen-bond acceptors (Lipinski definition) is 4. The summed E-state index contributed by atoms with van der Waals surface area (Å²) in [4.78, 5) is 20.4. The van der Waals surface area contributed by atoms with Crippen molar-refractivity contribution in [2.45, 2.75) is 18.4 Å². The maximum absolute atomic E-state index is 10.4. The van der Waals surface area contributed by atoms with Gasteiger partial charge in [0, 0.05) is 6.42 Å². The van der Waals surface area contributed by atoms with Crippen molar-refractivity contribution in [1.82, 2.24) is 0 Å². The first-order chi connectivity index (χ1) is 5.42. The van der Waals surface area contributed by atoms with Gasteiger partial charge in [-0.2, -0.15) is 0 Å². The molecular formula is C6H12ClNO5. The Balaban J connectivity index is 0. The van der Waals surface area contributed by atoms with Gasteiger partial charge in [-0.25, -0.2) is 0 Å². The lowest BCUT2D eigenvalue weighted by Gasteiger charge is -2.20. The summed E-state index contributed by atoms with van der Waals surface area (Å²) in [6.07, 6.45) is -0.655. The van der Waals surface area contributed by atoms with E-state index in [1.807, 2.05) is 0 Å². The first kappa shape index (κ1) is 14.7. The van der Waals surface area contributed by atoms with E-state index in [1.165, 1.54) is 0 Å². The summed E-state index contributed by atoms with van der Waals surface area (Å²) in [7, 11) is 0. The van der Waals surface area contributed by atoms with Crippen LogP contribution in [-0.4, -0.2) is 39.4 Å². The monoisotopic (exact) mass is 213 g/mol. The summed E-state index contributed by atoms with van der Waals surface area (Å²) in [5.74, 6) is -2.54. The molecule has 0 aromatic heterocycles. The Labute approximate surface area is 80.8 Å². The molecule has 0 aliphatic heterocycles. The second kappa shape index (κ2) is 5.74. The molecule has 78 valence electrons. The topological polar surface area (TPSA) is 121 Å². The van der Waals surface area contributed by atoms with Gasteiger partial charge in [-0.3, -0.25) is 9.59 Å². The number of nitrogens with two attached hydrogens (primary N) is 1. The molecule has 0 amide bonds. The number of carbonyl (C=O) groups is 2. The van der Waals surface area contributed by atoms with E-state index in [9.17, 15) is 9.59 Å². The average Bonchev–Trinajstić information content (AvgIpc) is 1.99. The van der Waals surface area contributed by atoms with Crippen LogP contribution in [0.4, 0.5) is 0 Å². The van der Waals surface area contributed by atoms with Crippen LogP contribution in [0.3, 0.4) is 0 Å². The largest absolute Gasteiger partial charge is 0.481 e. The zero-order valence-electron chi connectivity index (χ0n) is 6.77. The van der Waals surface area contributed by atoms with E-state index in [0.29, 0.717) is 0 Å². The predicted molar refractivity (Wildman–Crippen MR) is 45.8 cm³/mol. The highest BCUT2D eigenvalue weighted by molar-refractivity contribution is 5.85. The van der Waals surface area contributed by atoms with Crippen LogP contribution >= 0.6 is 12.4 Å². The molecule has 0 aromatic rings. The second-order valence-corrected chi connectivity index (χ2v) is 2.51. The van der Waals surface area contributed by atoms with Crippen LogP contribution in [0.5, 0.6) is 0 Å². The van der Waals surface area contributed by atoms with Gasteiger partial charge in [0.05, 0.1) is 6.61 Å². The van der Waals surface area contributed by atoms with Crippen molar-refractivity contribution >= 4 is 24.3 Å². The van der Waals surface area contributed by atoms with Crippen molar-refractivity contribution in [3.63, 3.8) is 0 Å². The first-order valence-corrected chi connectivity index (χ1v) is 3.27. The Hall–Kier alpha value is -0.850. The van der Waals surface area contributed by atoms with Gasteiger partial charge in [0.15, 0.2) is 0 Å². The fourth-order valence-electron chi connectivity index (χ4n) is 0.584. The molecule has 0 aromatic carbocycles. The van der Waals surface area contributed by atoms with Crippen LogP contribution in [-0.2, 0) is 9.59 Å². The average molecular weight is 214 g/mol. The van der Waals surface area contributed by atoms with Gasteiger partial charge in [0.1, 0.15) is 5.54 Å². The van der Waals surface area contributed by atoms with E-state index in [2.05, 4.69) is 0 Å². The highest BCUT2D eigenvalue weighted by Crippen LogP contribution is 2.08. The zero-order chi connectivity index (χ0) is 9.78. The van der Waals surface area contributed by atoms with E-state index in [4.69, 9.17) is 21.1 Å². The molecule has 7 heteroatoms. The summed E-state index contributed by atoms with van der Waals surface area (Å²) in [5, 5.41) is 25.3. The van der Waals surface area contributed by atoms with Crippen LogP contribution in [0, 0.1) is 0 Å². The third-order valence-corrected chi connectivity index (χ3v) is 1.49. The van der Waals surface area contributed by atoms with Gasteiger partial charge in [-0.1, -0.05) is 0 Å². The van der Waals surface area contributed by atoms with E-state index in [1.54, 1.807) is 0 Å². The van der Waals surface area contributed by atoms with Crippen LogP contribution in [0.15, 0.2) is 0 Å². The highest BCUT2D eigenvalue weighted by atomic mass is 35.5. The molecule has 0 fully saturated rings. The van der Waals surface area contributed by atoms with E-state index in [-0.39, 0.29) is 25.2 Å². The van der Waals surface area contributed by atoms with Crippen molar-refractivity contribution in [2.75, 3.05) is 6.61 Å². The number of rotatable bonds is 5. The molecule has 0 aliphatic rings. The Morgan fingerprint density at radius 3 is 2.00 bits per heavy atom. The van der Waals surface area contributed by atoms with Gasteiger partial charge < -0.3 is 21.1 Å². The minimum Gasteiger partial charge on any atom is -0.481 e. The quantitative estimate of drug-likeness (QED) is 0.467. The van der Waals surface area contributed by atoms with Crippen molar-refractivity contribution in [3.05, 3.63) is 0 Å². The Morgan fingerprint density at radius 1 is 1.31 bits per heavy atom. The second-order valence-electron chi connectivity index (χ2n) is 2.51. The molecular weight excluding hydrogens is 202 g/mol. The molecule has 0 saturated heterocycles. The summed E-state index contributed by atoms with van der Waals surface area (Å²) < 4.78 is 0. The summed E-state index contributed by atoms with van der Waals surface area (Å²) in [6, 6.07) is 0. The smallest absolute Gasteiger partial charge is 0.326 e. The fourth-order valence-corrected chi connectivity index (χ4v) is 0.584. The van der Waals surface area contributed by atoms with Gasteiger partial charge >= 0.3 is 11.9 Å². The summed E-state index contributed by atoms with van der Waals surface area (Å²) in [5.41, 5.74) is 3.34. The fraction of sp³-hybridized carbons (Fsp3) is 0.667. The third-order valence-electron chi connectivity index (χ3n) is 1.49. The summed E-state index contributed by atoms with van der Waals surface area (Å²) in [6.45, 7) is -0.768. The summed E-state index contributed by atoms with van der Waals surface area (Å²) >= 11 is 0. The number of aliphatic hydroxyl groups is 1. The molecule has 0 spiro atoms. The number of hydrogen-bond donors (Lipinski definition) is 4. The van der Waals surface area contributed by atoms with Crippen LogP contribution in [0.1, 0.15) is 12.8 Å². The van der Waals surface area contributed by atoms with Crippen molar-refractivity contribution in [1.29, 1.82) is 0 Å². The molecule has 0 unspecified atom stereocenters. The van der Waals surface area contributed by atoms with Crippen LogP contribution in [0.2, 0.25) is 0 Å². The van der Waals surface area contributed by atoms with Crippen LogP contribution in [0.25, 0.3) is 0 Å². The molecule has 13 heavy (non-hydrogen) atoms.